The zero-order chi connectivity index (χ0) is 14.9. The first-order valence-corrected chi connectivity index (χ1v) is 8.67. The molecule has 1 aliphatic rings. The van der Waals surface area contributed by atoms with Gasteiger partial charge in [0, 0.05) is 9.85 Å². The molecule has 0 heterocycles. The lowest BCUT2D eigenvalue weighted by Crippen LogP contribution is -2.37. The summed E-state index contributed by atoms with van der Waals surface area (Å²) in [6.45, 7) is 6.82. The summed E-state index contributed by atoms with van der Waals surface area (Å²) in [5.41, 5.74) is 0.806. The summed E-state index contributed by atoms with van der Waals surface area (Å²) in [6, 6.07) is 4.86. The number of alkyl halides is 1. The van der Waals surface area contributed by atoms with Crippen LogP contribution >= 0.6 is 27.5 Å². The molecule has 0 bridgehead atoms. The van der Waals surface area contributed by atoms with E-state index in [-0.39, 0.29) is 11.2 Å². The van der Waals surface area contributed by atoms with Gasteiger partial charge in [-0.05, 0) is 60.3 Å². The van der Waals surface area contributed by atoms with E-state index in [1.165, 1.54) is 25.3 Å². The molecule has 112 valence electrons. The fourth-order valence-corrected chi connectivity index (χ4v) is 5.31. The van der Waals surface area contributed by atoms with Crippen molar-refractivity contribution in [2.24, 2.45) is 17.3 Å². The number of hydrogen-bond acceptors (Lipinski definition) is 0. The van der Waals surface area contributed by atoms with Crippen LogP contribution in [0.1, 0.15) is 45.6 Å². The summed E-state index contributed by atoms with van der Waals surface area (Å²) >= 11 is 9.86. The number of hydrogen-bond donors (Lipinski definition) is 0. The molecule has 1 aromatic rings. The van der Waals surface area contributed by atoms with Gasteiger partial charge in [-0.3, -0.25) is 0 Å². The minimum Gasteiger partial charge on any atom is -0.207 e. The van der Waals surface area contributed by atoms with Crippen molar-refractivity contribution in [3.05, 3.63) is 34.6 Å². The minimum absolute atomic E-state index is 0.0693. The Hall–Kier alpha value is -0.0800. The molecule has 0 spiro atoms. The molecule has 0 radical (unpaired) electrons. The van der Waals surface area contributed by atoms with Crippen LogP contribution < -0.4 is 0 Å². The van der Waals surface area contributed by atoms with Crippen LogP contribution in [0, 0.1) is 23.1 Å². The molecule has 1 saturated carbocycles. The van der Waals surface area contributed by atoms with Gasteiger partial charge in [-0.15, -0.1) is 0 Å². The van der Waals surface area contributed by atoms with E-state index in [0.717, 1.165) is 17.9 Å². The van der Waals surface area contributed by atoms with Crippen molar-refractivity contribution in [1.29, 1.82) is 0 Å². The van der Waals surface area contributed by atoms with Gasteiger partial charge in [-0.2, -0.15) is 0 Å². The smallest absolute Gasteiger partial charge is 0.126 e. The van der Waals surface area contributed by atoms with Crippen molar-refractivity contribution in [2.45, 2.75) is 51.3 Å². The third-order valence-electron chi connectivity index (χ3n) is 4.69. The SMILES string of the molecule is CC1CCC(C(C)(C)Cc2cc(Cl)ccc2F)C(Br)C1. The van der Waals surface area contributed by atoms with Crippen molar-refractivity contribution in [3.63, 3.8) is 0 Å². The Balaban J connectivity index is 2.16. The summed E-state index contributed by atoms with van der Waals surface area (Å²) in [6.07, 6.45) is 4.44. The lowest BCUT2D eigenvalue weighted by atomic mass is 9.66. The average molecular weight is 362 g/mol. The molecular formula is C17H23BrClF. The van der Waals surface area contributed by atoms with Crippen molar-refractivity contribution in [1.82, 2.24) is 0 Å². The van der Waals surface area contributed by atoms with E-state index in [1.807, 2.05) is 0 Å². The van der Waals surface area contributed by atoms with Gasteiger partial charge in [0.25, 0.3) is 0 Å². The highest BCUT2D eigenvalue weighted by Crippen LogP contribution is 2.45. The lowest BCUT2D eigenvalue weighted by Gasteiger charge is -2.42. The van der Waals surface area contributed by atoms with Crippen LogP contribution in [0.2, 0.25) is 5.02 Å². The maximum Gasteiger partial charge on any atom is 0.126 e. The molecule has 3 unspecified atom stereocenters. The van der Waals surface area contributed by atoms with Gasteiger partial charge in [0.1, 0.15) is 5.82 Å². The molecule has 1 fully saturated rings. The van der Waals surface area contributed by atoms with Gasteiger partial charge in [0.05, 0.1) is 0 Å². The molecule has 2 rings (SSSR count). The van der Waals surface area contributed by atoms with Crippen molar-refractivity contribution < 1.29 is 4.39 Å². The van der Waals surface area contributed by atoms with Crippen molar-refractivity contribution in [2.75, 3.05) is 0 Å². The molecular weight excluding hydrogens is 339 g/mol. The molecule has 0 N–H and O–H groups in total. The highest BCUT2D eigenvalue weighted by Gasteiger charge is 2.38. The maximum atomic E-state index is 14.0. The second-order valence-corrected chi connectivity index (χ2v) is 8.55. The highest BCUT2D eigenvalue weighted by molar-refractivity contribution is 9.09. The Labute approximate surface area is 135 Å². The second kappa shape index (κ2) is 6.36. The van der Waals surface area contributed by atoms with Crippen molar-refractivity contribution >= 4 is 27.5 Å². The predicted molar refractivity (Wildman–Crippen MR) is 88.1 cm³/mol. The van der Waals surface area contributed by atoms with E-state index in [9.17, 15) is 4.39 Å². The zero-order valence-corrected chi connectivity index (χ0v) is 14.8. The Bertz CT molecular complexity index is 472. The zero-order valence-electron chi connectivity index (χ0n) is 12.4. The summed E-state index contributed by atoms with van der Waals surface area (Å²) in [5.74, 6) is 1.23. The normalized spacial score (nSPS) is 27.6. The first-order valence-electron chi connectivity index (χ1n) is 7.37. The van der Waals surface area contributed by atoms with E-state index < -0.39 is 0 Å². The van der Waals surface area contributed by atoms with Gasteiger partial charge in [0.15, 0.2) is 0 Å². The van der Waals surface area contributed by atoms with Crippen LogP contribution in [0.15, 0.2) is 18.2 Å². The van der Waals surface area contributed by atoms with Gasteiger partial charge in [0.2, 0.25) is 0 Å². The van der Waals surface area contributed by atoms with Crippen LogP contribution in [0.4, 0.5) is 4.39 Å². The van der Waals surface area contributed by atoms with E-state index in [0.29, 0.717) is 15.8 Å². The first kappa shape index (κ1) is 16.3. The third-order valence-corrected chi connectivity index (χ3v) is 5.94. The third kappa shape index (κ3) is 3.76. The molecule has 0 aliphatic heterocycles. The van der Waals surface area contributed by atoms with Crippen LogP contribution in [-0.4, -0.2) is 4.83 Å². The summed E-state index contributed by atoms with van der Waals surface area (Å²) < 4.78 is 14.0. The Morgan fingerprint density at radius 1 is 1.35 bits per heavy atom. The predicted octanol–water partition coefficient (Wildman–Crippen LogP) is 6.25. The topological polar surface area (TPSA) is 0 Å². The van der Waals surface area contributed by atoms with Crippen LogP contribution in [0.5, 0.6) is 0 Å². The quantitative estimate of drug-likeness (QED) is 0.558. The Morgan fingerprint density at radius 3 is 2.70 bits per heavy atom. The average Bonchev–Trinajstić information content (AvgIpc) is 2.33. The van der Waals surface area contributed by atoms with Crippen LogP contribution in [0.3, 0.4) is 0 Å². The largest absolute Gasteiger partial charge is 0.207 e. The summed E-state index contributed by atoms with van der Waals surface area (Å²) in [5, 5.41) is 0.616. The molecule has 0 aromatic heterocycles. The number of halogens is 3. The van der Waals surface area contributed by atoms with E-state index >= 15 is 0 Å². The molecule has 0 nitrogen and oxygen atoms in total. The summed E-state index contributed by atoms with van der Waals surface area (Å²) in [4.78, 5) is 0.531. The van der Waals surface area contributed by atoms with E-state index in [2.05, 4.69) is 36.7 Å². The molecule has 1 aromatic carbocycles. The summed E-state index contributed by atoms with van der Waals surface area (Å²) in [7, 11) is 0. The highest BCUT2D eigenvalue weighted by atomic mass is 79.9. The van der Waals surface area contributed by atoms with E-state index in [4.69, 9.17) is 11.6 Å². The van der Waals surface area contributed by atoms with Gasteiger partial charge < -0.3 is 0 Å². The maximum absolute atomic E-state index is 14.0. The van der Waals surface area contributed by atoms with Crippen LogP contribution in [0.25, 0.3) is 0 Å². The Morgan fingerprint density at radius 2 is 2.05 bits per heavy atom. The fraction of sp³-hybridized carbons (Fsp3) is 0.647. The van der Waals surface area contributed by atoms with Gasteiger partial charge in [-0.25, -0.2) is 4.39 Å². The first-order chi connectivity index (χ1) is 9.29. The number of rotatable bonds is 3. The molecule has 1 aliphatic carbocycles. The molecule has 0 saturated heterocycles. The van der Waals surface area contributed by atoms with Gasteiger partial charge >= 0.3 is 0 Å². The van der Waals surface area contributed by atoms with Crippen LogP contribution in [-0.2, 0) is 6.42 Å². The fourth-order valence-electron chi connectivity index (χ4n) is 3.49. The minimum atomic E-state index is -0.141. The van der Waals surface area contributed by atoms with Gasteiger partial charge in [-0.1, -0.05) is 54.7 Å². The Kier molecular flexibility index (Phi) is 5.18. The second-order valence-electron chi connectivity index (χ2n) is 6.94. The monoisotopic (exact) mass is 360 g/mol. The molecule has 3 heteroatoms. The standard InChI is InChI=1S/C17H23BrClF/c1-11-4-6-14(15(18)8-11)17(2,3)10-12-9-13(19)5-7-16(12)20/h5,7,9,11,14-15H,4,6,8,10H2,1-3H3. The molecule has 3 atom stereocenters. The molecule has 0 amide bonds. The number of benzene rings is 1. The van der Waals surface area contributed by atoms with Crippen molar-refractivity contribution in [3.8, 4) is 0 Å². The van der Waals surface area contributed by atoms with E-state index in [1.54, 1.807) is 12.1 Å². The lowest BCUT2D eigenvalue weighted by molar-refractivity contribution is 0.146. The molecule has 20 heavy (non-hydrogen) atoms.